The predicted molar refractivity (Wildman–Crippen MR) is 135 cm³/mol. The molecular weight excluding hydrogens is 446 g/mol. The number of carboxylic acids is 1. The molecule has 3 aromatic carbocycles. The number of carboxylic acid groups (broad SMARTS) is 1. The molecule has 0 saturated heterocycles. The number of benzene rings is 3. The molecule has 0 aliphatic heterocycles. The molecule has 1 heterocycles. The number of carbonyl (C=O) groups is 1. The lowest BCUT2D eigenvalue weighted by Gasteiger charge is -2.47. The molecule has 0 radical (unpaired) electrons. The molecule has 6 rings (SSSR count). The van der Waals surface area contributed by atoms with Crippen LogP contribution < -0.4 is 5.32 Å². The van der Waals surface area contributed by atoms with Crippen LogP contribution in [0.3, 0.4) is 0 Å². The fraction of sp³-hybridized carbons (Fsp3) is 0.276. The highest BCUT2D eigenvalue weighted by atomic mass is 35.5. The van der Waals surface area contributed by atoms with Crippen LogP contribution in [-0.4, -0.2) is 16.6 Å². The van der Waals surface area contributed by atoms with Gasteiger partial charge >= 0.3 is 5.97 Å². The third-order valence-corrected chi connectivity index (χ3v) is 8.38. The largest absolute Gasteiger partial charge is 0.480 e. The van der Waals surface area contributed by atoms with Gasteiger partial charge in [0, 0.05) is 21.5 Å². The van der Waals surface area contributed by atoms with Gasteiger partial charge in [-0.05, 0) is 85.0 Å². The van der Waals surface area contributed by atoms with E-state index in [1.165, 1.54) is 16.7 Å². The van der Waals surface area contributed by atoms with Crippen molar-refractivity contribution in [2.24, 2.45) is 0 Å². The molecule has 1 saturated carbocycles. The summed E-state index contributed by atoms with van der Waals surface area (Å²) in [6.07, 6.45) is 5.38. The first-order valence-corrected chi connectivity index (χ1v) is 12.2. The molecule has 34 heavy (non-hydrogen) atoms. The first kappa shape index (κ1) is 21.3. The van der Waals surface area contributed by atoms with E-state index >= 15 is 0 Å². The standard InChI is InChI=1S/C29H26ClNO3/c30-22-5-3-6-23(18-22)31-29(27(32)33)13-11-28(12-14-29)24-7-2-1-4-20(24)16-25(28)21-9-8-19-10-15-34-26(19)17-21/h1-10,15,17-18,25,31H,11-14,16H2,(H,32,33). The quantitative estimate of drug-likeness (QED) is 0.331. The number of nitrogens with one attached hydrogen (secondary N) is 1. The van der Waals surface area contributed by atoms with E-state index in [0.717, 1.165) is 35.9 Å². The second-order valence-corrected chi connectivity index (χ2v) is 10.2. The Bertz CT molecular complexity index is 1380. The van der Waals surface area contributed by atoms with Gasteiger partial charge in [-0.1, -0.05) is 54.1 Å². The summed E-state index contributed by atoms with van der Waals surface area (Å²) < 4.78 is 5.71. The van der Waals surface area contributed by atoms with Gasteiger partial charge < -0.3 is 14.8 Å². The molecule has 0 bridgehead atoms. The molecule has 0 amide bonds. The van der Waals surface area contributed by atoms with Crippen molar-refractivity contribution in [3.05, 3.63) is 101 Å². The molecule has 172 valence electrons. The Morgan fingerprint density at radius 2 is 1.79 bits per heavy atom. The van der Waals surface area contributed by atoms with E-state index < -0.39 is 11.5 Å². The van der Waals surface area contributed by atoms with E-state index in [2.05, 4.69) is 47.8 Å². The van der Waals surface area contributed by atoms with Crippen LogP contribution in [0.15, 0.2) is 83.5 Å². The normalized spacial score (nSPS) is 26.0. The molecule has 2 N–H and O–H groups in total. The number of hydrogen-bond acceptors (Lipinski definition) is 3. The van der Waals surface area contributed by atoms with E-state index in [1.807, 2.05) is 18.2 Å². The van der Waals surface area contributed by atoms with Crippen LogP contribution in [0.1, 0.15) is 48.3 Å². The van der Waals surface area contributed by atoms with Crippen molar-refractivity contribution in [3.63, 3.8) is 0 Å². The summed E-state index contributed by atoms with van der Waals surface area (Å²) in [5.41, 5.74) is 4.57. The Morgan fingerprint density at radius 3 is 2.59 bits per heavy atom. The van der Waals surface area contributed by atoms with Gasteiger partial charge in [-0.25, -0.2) is 4.79 Å². The third kappa shape index (κ3) is 3.32. The minimum absolute atomic E-state index is 0.0914. The number of rotatable bonds is 4. The van der Waals surface area contributed by atoms with Gasteiger partial charge in [0.25, 0.3) is 0 Å². The lowest BCUT2D eigenvalue weighted by molar-refractivity contribution is -0.144. The number of furan rings is 1. The SMILES string of the molecule is O=C(O)C1(Nc2cccc(Cl)c2)CCC2(CC1)c1ccccc1CC2c1ccc2ccoc2c1. The Morgan fingerprint density at radius 1 is 0.971 bits per heavy atom. The zero-order chi connectivity index (χ0) is 23.3. The maximum atomic E-state index is 12.6. The van der Waals surface area contributed by atoms with E-state index in [-0.39, 0.29) is 11.3 Å². The first-order chi connectivity index (χ1) is 16.5. The second-order valence-electron chi connectivity index (χ2n) is 9.81. The van der Waals surface area contributed by atoms with Crippen LogP contribution in [0.25, 0.3) is 11.0 Å². The summed E-state index contributed by atoms with van der Waals surface area (Å²) in [4.78, 5) is 12.6. The van der Waals surface area contributed by atoms with Gasteiger partial charge in [-0.15, -0.1) is 0 Å². The summed E-state index contributed by atoms with van der Waals surface area (Å²) in [5, 5.41) is 15.4. The Balaban J connectivity index is 1.37. The average Bonchev–Trinajstić information content (AvgIpc) is 3.43. The van der Waals surface area contributed by atoms with Gasteiger partial charge in [-0.2, -0.15) is 0 Å². The predicted octanol–water partition coefficient (Wildman–Crippen LogP) is 7.17. The topological polar surface area (TPSA) is 62.5 Å². The lowest BCUT2D eigenvalue weighted by Crippen LogP contribution is -2.52. The van der Waals surface area contributed by atoms with Gasteiger partial charge in [0.15, 0.2) is 0 Å². The fourth-order valence-electron chi connectivity index (χ4n) is 6.39. The smallest absolute Gasteiger partial charge is 0.329 e. The van der Waals surface area contributed by atoms with Crippen molar-refractivity contribution in [2.75, 3.05) is 5.32 Å². The van der Waals surface area contributed by atoms with E-state index in [0.29, 0.717) is 17.9 Å². The molecule has 2 aliphatic carbocycles. The van der Waals surface area contributed by atoms with Crippen molar-refractivity contribution in [3.8, 4) is 0 Å². The van der Waals surface area contributed by atoms with Crippen molar-refractivity contribution < 1.29 is 14.3 Å². The molecule has 2 aliphatic rings. The highest BCUT2D eigenvalue weighted by Gasteiger charge is 2.54. The summed E-state index contributed by atoms with van der Waals surface area (Å²) in [7, 11) is 0. The second kappa shape index (κ2) is 7.92. The number of aliphatic carboxylic acids is 1. The van der Waals surface area contributed by atoms with Crippen LogP contribution in [0.5, 0.6) is 0 Å². The van der Waals surface area contributed by atoms with Crippen molar-refractivity contribution in [1.29, 1.82) is 0 Å². The summed E-state index contributed by atoms with van der Waals surface area (Å²) in [6.45, 7) is 0. The highest BCUT2D eigenvalue weighted by molar-refractivity contribution is 6.30. The monoisotopic (exact) mass is 471 g/mol. The number of anilines is 1. The molecule has 1 unspecified atom stereocenters. The van der Waals surface area contributed by atoms with E-state index in [4.69, 9.17) is 16.0 Å². The van der Waals surface area contributed by atoms with Crippen molar-refractivity contribution in [2.45, 2.75) is 49.0 Å². The summed E-state index contributed by atoms with van der Waals surface area (Å²) in [6, 6.07) is 24.5. The lowest BCUT2D eigenvalue weighted by atomic mass is 9.59. The minimum atomic E-state index is -1.01. The zero-order valence-corrected chi connectivity index (χ0v) is 19.5. The number of fused-ring (bicyclic) bond motifs is 3. The van der Waals surface area contributed by atoms with Crippen LogP contribution in [0, 0.1) is 0 Å². The number of halogens is 1. The molecule has 5 heteroatoms. The molecule has 4 nitrogen and oxygen atoms in total. The van der Waals surface area contributed by atoms with Crippen LogP contribution in [0.4, 0.5) is 5.69 Å². The van der Waals surface area contributed by atoms with Gasteiger partial charge in [-0.3, -0.25) is 0 Å². The fourth-order valence-corrected chi connectivity index (χ4v) is 6.58. The van der Waals surface area contributed by atoms with Gasteiger partial charge in [0.05, 0.1) is 6.26 Å². The van der Waals surface area contributed by atoms with Gasteiger partial charge in [0.1, 0.15) is 11.1 Å². The molecule has 1 atom stereocenters. The maximum absolute atomic E-state index is 12.6. The Labute approximate surface area is 203 Å². The molecule has 1 spiro atoms. The minimum Gasteiger partial charge on any atom is -0.480 e. The highest BCUT2D eigenvalue weighted by Crippen LogP contribution is 2.58. The molecule has 1 fully saturated rings. The van der Waals surface area contributed by atoms with Crippen LogP contribution in [-0.2, 0) is 16.6 Å². The van der Waals surface area contributed by atoms with Crippen LogP contribution in [0.2, 0.25) is 5.02 Å². The molecular formula is C29H26ClNO3. The van der Waals surface area contributed by atoms with Crippen molar-refractivity contribution >= 4 is 34.2 Å². The van der Waals surface area contributed by atoms with Gasteiger partial charge in [0.2, 0.25) is 0 Å². The third-order valence-electron chi connectivity index (χ3n) is 8.14. The van der Waals surface area contributed by atoms with Crippen LogP contribution >= 0.6 is 11.6 Å². The van der Waals surface area contributed by atoms with E-state index in [9.17, 15) is 9.90 Å². The van der Waals surface area contributed by atoms with Crippen molar-refractivity contribution in [1.82, 2.24) is 0 Å². The molecule has 4 aromatic rings. The maximum Gasteiger partial charge on any atom is 0.329 e. The first-order valence-electron chi connectivity index (χ1n) is 11.8. The zero-order valence-electron chi connectivity index (χ0n) is 18.8. The Kier molecular flexibility index (Phi) is 4.96. The van der Waals surface area contributed by atoms with E-state index in [1.54, 1.807) is 18.4 Å². The molecule has 1 aromatic heterocycles. The number of hydrogen-bond donors (Lipinski definition) is 2. The average molecular weight is 472 g/mol. The summed E-state index contributed by atoms with van der Waals surface area (Å²) in [5.74, 6) is -0.514. The summed E-state index contributed by atoms with van der Waals surface area (Å²) >= 11 is 6.17. The Hall–Kier alpha value is -3.24.